The molecule has 3 nitrogen and oxygen atoms in total. The monoisotopic (exact) mass is 292 g/mol. The van der Waals surface area contributed by atoms with Crippen LogP contribution < -0.4 is 10.1 Å². The number of rotatable bonds is 5. The average Bonchev–Trinajstić information content (AvgIpc) is 2.76. The molecule has 1 saturated heterocycles. The van der Waals surface area contributed by atoms with Crippen LogP contribution in [0.2, 0.25) is 0 Å². The number of nitrogens with zero attached hydrogens (tertiary/aromatic N) is 1. The van der Waals surface area contributed by atoms with Gasteiger partial charge in [-0.3, -0.25) is 4.98 Å². The van der Waals surface area contributed by atoms with Crippen molar-refractivity contribution in [2.75, 3.05) is 13.2 Å². The van der Waals surface area contributed by atoms with Crippen LogP contribution in [0.3, 0.4) is 0 Å². The Morgan fingerprint density at radius 3 is 2.94 bits per heavy atom. The molecule has 2 rings (SSSR count). The van der Waals surface area contributed by atoms with E-state index in [0.29, 0.717) is 6.04 Å². The van der Waals surface area contributed by atoms with E-state index in [1.807, 2.05) is 12.1 Å². The number of pyridine rings is 1. The van der Waals surface area contributed by atoms with E-state index in [0.717, 1.165) is 24.8 Å². The number of hydrogen-bond donors (Lipinski definition) is 1. The molecule has 1 aliphatic heterocycles. The Hall–Kier alpha value is -0.510. The molecule has 18 heavy (non-hydrogen) atoms. The van der Waals surface area contributed by atoms with Gasteiger partial charge in [-0.15, -0.1) is 24.8 Å². The van der Waals surface area contributed by atoms with E-state index in [1.54, 1.807) is 12.4 Å². The minimum absolute atomic E-state index is 0. The molecule has 0 unspecified atom stereocenters. The molecule has 1 aromatic rings. The number of ether oxygens (including phenoxy) is 1. The van der Waals surface area contributed by atoms with Gasteiger partial charge >= 0.3 is 0 Å². The summed E-state index contributed by atoms with van der Waals surface area (Å²) in [4.78, 5) is 4.04. The van der Waals surface area contributed by atoms with Crippen LogP contribution in [0.4, 0.5) is 0 Å². The van der Waals surface area contributed by atoms with Crippen molar-refractivity contribution < 1.29 is 4.74 Å². The highest BCUT2D eigenvalue weighted by Crippen LogP contribution is 2.21. The molecule has 0 spiro atoms. The van der Waals surface area contributed by atoms with E-state index in [9.17, 15) is 0 Å². The molecule has 0 aliphatic carbocycles. The molecule has 2 atom stereocenters. The zero-order chi connectivity index (χ0) is 11.2. The molecule has 1 aliphatic rings. The van der Waals surface area contributed by atoms with Gasteiger partial charge in [-0.25, -0.2) is 0 Å². The zero-order valence-corrected chi connectivity index (χ0v) is 12.3. The molecule has 0 aromatic carbocycles. The highest BCUT2D eigenvalue weighted by atomic mass is 35.5. The molecule has 0 saturated carbocycles. The second kappa shape index (κ2) is 9.42. The number of aromatic nitrogens is 1. The summed E-state index contributed by atoms with van der Waals surface area (Å²) in [6.07, 6.45) is 7.38. The summed E-state index contributed by atoms with van der Waals surface area (Å²) in [5, 5.41) is 3.52. The highest BCUT2D eigenvalue weighted by molar-refractivity contribution is 5.85. The van der Waals surface area contributed by atoms with E-state index >= 15 is 0 Å². The summed E-state index contributed by atoms with van der Waals surface area (Å²) in [6.45, 7) is 4.14. The first kappa shape index (κ1) is 17.5. The summed E-state index contributed by atoms with van der Waals surface area (Å²) in [5.74, 6) is 1.65. The van der Waals surface area contributed by atoms with E-state index in [2.05, 4.69) is 17.2 Å². The van der Waals surface area contributed by atoms with Crippen LogP contribution in [-0.4, -0.2) is 24.2 Å². The standard InChI is InChI=1S/C13H20N2O.2ClH/c1-2-4-11-6-8-15-13(11)10-16-12-5-3-7-14-9-12;;/h3,5,7,9,11,13,15H,2,4,6,8,10H2,1H3;2*1H/t11-,13-;;/m0../s1. The predicted octanol–water partition coefficient (Wildman–Crippen LogP) is 3.08. The molecule has 1 N–H and O–H groups in total. The number of halogens is 2. The Kier molecular flexibility index (Phi) is 9.16. The third-order valence-electron chi connectivity index (χ3n) is 3.21. The molecule has 0 radical (unpaired) electrons. The Balaban J connectivity index is 0.00000144. The van der Waals surface area contributed by atoms with E-state index < -0.39 is 0 Å². The van der Waals surface area contributed by atoms with Crippen LogP contribution in [-0.2, 0) is 0 Å². The van der Waals surface area contributed by atoms with Crippen molar-refractivity contribution in [2.45, 2.75) is 32.2 Å². The van der Waals surface area contributed by atoms with Gasteiger partial charge in [-0.05, 0) is 37.4 Å². The van der Waals surface area contributed by atoms with Crippen molar-refractivity contribution in [3.63, 3.8) is 0 Å². The maximum Gasteiger partial charge on any atom is 0.137 e. The molecule has 2 heterocycles. The third kappa shape index (κ3) is 5.01. The van der Waals surface area contributed by atoms with E-state index in [4.69, 9.17) is 4.74 Å². The lowest BCUT2D eigenvalue weighted by molar-refractivity contribution is 0.241. The van der Waals surface area contributed by atoms with E-state index in [-0.39, 0.29) is 24.8 Å². The fraction of sp³-hybridized carbons (Fsp3) is 0.615. The fourth-order valence-electron chi connectivity index (χ4n) is 2.35. The van der Waals surface area contributed by atoms with Crippen molar-refractivity contribution in [3.8, 4) is 5.75 Å². The number of hydrogen-bond acceptors (Lipinski definition) is 3. The van der Waals surface area contributed by atoms with Crippen molar-refractivity contribution in [2.24, 2.45) is 5.92 Å². The lowest BCUT2D eigenvalue weighted by Crippen LogP contribution is -2.33. The van der Waals surface area contributed by atoms with Crippen LogP contribution in [0.5, 0.6) is 5.75 Å². The molecular weight excluding hydrogens is 271 g/mol. The lowest BCUT2D eigenvalue weighted by atomic mass is 9.96. The number of nitrogens with one attached hydrogen (secondary N) is 1. The molecule has 1 aromatic heterocycles. The molecule has 104 valence electrons. The molecule has 0 amide bonds. The van der Waals surface area contributed by atoms with Crippen LogP contribution in [0.1, 0.15) is 26.2 Å². The van der Waals surface area contributed by atoms with Crippen LogP contribution in [0.15, 0.2) is 24.5 Å². The first-order valence-electron chi connectivity index (χ1n) is 6.16. The Labute approximate surface area is 122 Å². The van der Waals surface area contributed by atoms with Gasteiger partial charge in [0.05, 0.1) is 6.20 Å². The summed E-state index contributed by atoms with van der Waals surface area (Å²) in [7, 11) is 0. The first-order valence-corrected chi connectivity index (χ1v) is 6.16. The third-order valence-corrected chi connectivity index (χ3v) is 3.21. The molecule has 0 bridgehead atoms. The lowest BCUT2D eigenvalue weighted by Gasteiger charge is -2.19. The van der Waals surface area contributed by atoms with Gasteiger partial charge in [0.25, 0.3) is 0 Å². The SMILES string of the molecule is CCC[C@H]1CCN[C@H]1COc1cccnc1.Cl.Cl. The van der Waals surface area contributed by atoms with Gasteiger partial charge < -0.3 is 10.1 Å². The normalized spacial score (nSPS) is 21.8. The topological polar surface area (TPSA) is 34.1 Å². The minimum atomic E-state index is 0. The molecular formula is C13H22Cl2N2O. The van der Waals surface area contributed by atoms with Gasteiger partial charge in [0.15, 0.2) is 0 Å². The second-order valence-corrected chi connectivity index (χ2v) is 4.40. The maximum atomic E-state index is 5.74. The van der Waals surface area contributed by atoms with Crippen molar-refractivity contribution in [1.29, 1.82) is 0 Å². The Morgan fingerprint density at radius 1 is 1.44 bits per heavy atom. The van der Waals surface area contributed by atoms with Gasteiger partial charge in [-0.2, -0.15) is 0 Å². The summed E-state index contributed by atoms with van der Waals surface area (Å²) >= 11 is 0. The second-order valence-electron chi connectivity index (χ2n) is 4.40. The van der Waals surface area contributed by atoms with Crippen molar-refractivity contribution >= 4 is 24.8 Å². The van der Waals surface area contributed by atoms with Crippen molar-refractivity contribution in [1.82, 2.24) is 10.3 Å². The predicted molar refractivity (Wildman–Crippen MR) is 79.0 cm³/mol. The fourth-order valence-corrected chi connectivity index (χ4v) is 2.35. The molecule has 1 fully saturated rings. The first-order chi connectivity index (χ1) is 7.90. The van der Waals surface area contributed by atoms with Crippen molar-refractivity contribution in [3.05, 3.63) is 24.5 Å². The van der Waals surface area contributed by atoms with Gasteiger partial charge in [0.1, 0.15) is 12.4 Å². The molecule has 5 heteroatoms. The highest BCUT2D eigenvalue weighted by Gasteiger charge is 2.26. The van der Waals surface area contributed by atoms with Crippen LogP contribution >= 0.6 is 24.8 Å². The average molecular weight is 293 g/mol. The largest absolute Gasteiger partial charge is 0.490 e. The summed E-state index contributed by atoms with van der Waals surface area (Å²) in [5.41, 5.74) is 0. The van der Waals surface area contributed by atoms with E-state index in [1.165, 1.54) is 19.3 Å². The summed E-state index contributed by atoms with van der Waals surface area (Å²) in [6, 6.07) is 4.37. The maximum absolute atomic E-state index is 5.74. The van der Waals surface area contributed by atoms with Gasteiger partial charge in [-0.1, -0.05) is 13.3 Å². The zero-order valence-electron chi connectivity index (χ0n) is 10.7. The van der Waals surface area contributed by atoms with Gasteiger partial charge in [0, 0.05) is 12.2 Å². The van der Waals surface area contributed by atoms with Gasteiger partial charge in [0.2, 0.25) is 0 Å². The quantitative estimate of drug-likeness (QED) is 0.906. The smallest absolute Gasteiger partial charge is 0.137 e. The minimum Gasteiger partial charge on any atom is -0.490 e. The van der Waals surface area contributed by atoms with Crippen LogP contribution in [0, 0.1) is 5.92 Å². The summed E-state index contributed by atoms with van der Waals surface area (Å²) < 4.78 is 5.74. The Morgan fingerprint density at radius 2 is 2.28 bits per heavy atom. The van der Waals surface area contributed by atoms with Crippen LogP contribution in [0.25, 0.3) is 0 Å². The Bertz CT molecular complexity index is 311.